The van der Waals surface area contributed by atoms with Gasteiger partial charge in [0, 0.05) is 36.1 Å². The third-order valence-corrected chi connectivity index (χ3v) is 8.16. The smallest absolute Gasteiger partial charge is 0.409 e. The zero-order chi connectivity index (χ0) is 25.1. The summed E-state index contributed by atoms with van der Waals surface area (Å²) < 4.78 is 10.2. The summed E-state index contributed by atoms with van der Waals surface area (Å²) >= 11 is 0. The number of hydrogen-bond donors (Lipinski definition) is 1. The van der Waals surface area contributed by atoms with E-state index in [0.29, 0.717) is 6.42 Å². The van der Waals surface area contributed by atoms with E-state index >= 15 is 0 Å². The van der Waals surface area contributed by atoms with Crippen molar-refractivity contribution in [3.63, 3.8) is 0 Å². The zero-order valence-electron chi connectivity index (χ0n) is 21.2. The number of fused-ring (bicyclic) bond motifs is 1. The van der Waals surface area contributed by atoms with Crippen LogP contribution in [0.15, 0.2) is 36.4 Å². The molecule has 1 N–H and O–H groups in total. The Hall–Kier alpha value is -3.48. The highest BCUT2D eigenvalue weighted by Gasteiger charge is 2.54. The molecule has 0 fully saturated rings. The molecular weight excluding hydrogens is 439 g/mol. The van der Waals surface area contributed by atoms with E-state index < -0.39 is 17.4 Å². The number of nitrogens with zero attached hydrogens (tertiary/aromatic N) is 1. The molecule has 0 bridgehead atoms. The Morgan fingerprint density at radius 3 is 2.14 bits per heavy atom. The highest BCUT2D eigenvalue weighted by Crippen LogP contribution is 2.43. The van der Waals surface area contributed by atoms with Crippen LogP contribution < -0.4 is 15.5 Å². The molecule has 0 unspecified atom stereocenters. The molecule has 7 heteroatoms. The molecule has 0 radical (unpaired) electrons. The number of carbonyl (C=O) groups excluding carboxylic acids is 2. The van der Waals surface area contributed by atoms with Crippen molar-refractivity contribution in [1.29, 1.82) is 0 Å². The molecule has 0 amide bonds. The molecule has 0 saturated carbocycles. The van der Waals surface area contributed by atoms with E-state index in [1.807, 2.05) is 0 Å². The second-order valence-electron chi connectivity index (χ2n) is 9.68. The SMILES string of the molecule is CCN1B(c2c(C)c(C)c3c(c2C)CC(C(=O)OC)(C(=O)OC)C3)Nc2cccc3cccc1c23. The summed E-state index contributed by atoms with van der Waals surface area (Å²) in [6.07, 6.45) is 0.583. The lowest BCUT2D eigenvalue weighted by Crippen LogP contribution is -2.58. The number of benzene rings is 3. The third-order valence-electron chi connectivity index (χ3n) is 8.16. The van der Waals surface area contributed by atoms with E-state index in [9.17, 15) is 9.59 Å². The van der Waals surface area contributed by atoms with Gasteiger partial charge in [-0.1, -0.05) is 24.3 Å². The van der Waals surface area contributed by atoms with Gasteiger partial charge < -0.3 is 19.5 Å². The summed E-state index contributed by atoms with van der Waals surface area (Å²) in [5.41, 5.74) is 7.69. The van der Waals surface area contributed by atoms with Gasteiger partial charge in [0.1, 0.15) is 0 Å². The lowest BCUT2D eigenvalue weighted by Gasteiger charge is -2.38. The minimum absolute atomic E-state index is 0.0734. The molecule has 1 heterocycles. The average molecular weight is 470 g/mol. The summed E-state index contributed by atoms with van der Waals surface area (Å²) in [6, 6.07) is 12.8. The van der Waals surface area contributed by atoms with Gasteiger partial charge in [0.05, 0.1) is 14.2 Å². The Balaban J connectivity index is 1.68. The molecule has 5 rings (SSSR count). The van der Waals surface area contributed by atoms with Gasteiger partial charge in [-0.2, -0.15) is 0 Å². The first-order valence-corrected chi connectivity index (χ1v) is 12.1. The highest BCUT2D eigenvalue weighted by molar-refractivity contribution is 6.81. The number of ether oxygens (including phenoxy) is 2. The summed E-state index contributed by atoms with van der Waals surface area (Å²) in [5.74, 6) is -1.07. The van der Waals surface area contributed by atoms with Crippen LogP contribution in [0.4, 0.5) is 11.4 Å². The van der Waals surface area contributed by atoms with E-state index in [1.54, 1.807) is 0 Å². The first kappa shape index (κ1) is 23.3. The highest BCUT2D eigenvalue weighted by atomic mass is 16.5. The van der Waals surface area contributed by atoms with Gasteiger partial charge in [-0.15, -0.1) is 0 Å². The van der Waals surface area contributed by atoms with Crippen molar-refractivity contribution < 1.29 is 19.1 Å². The van der Waals surface area contributed by atoms with E-state index in [4.69, 9.17) is 9.47 Å². The fraction of sp³-hybridized carbons (Fsp3) is 0.357. The predicted octanol–water partition coefficient (Wildman–Crippen LogP) is 3.84. The predicted molar refractivity (Wildman–Crippen MR) is 141 cm³/mol. The topological polar surface area (TPSA) is 67.9 Å². The second kappa shape index (κ2) is 8.33. The molecular formula is C28H31BN2O4. The minimum Gasteiger partial charge on any atom is -0.468 e. The Bertz CT molecular complexity index is 1360. The van der Waals surface area contributed by atoms with Crippen LogP contribution in [0.25, 0.3) is 10.8 Å². The van der Waals surface area contributed by atoms with Crippen LogP contribution in [0.5, 0.6) is 0 Å². The normalized spacial score (nSPS) is 15.6. The molecule has 3 aromatic rings. The molecule has 0 atom stereocenters. The Morgan fingerprint density at radius 2 is 1.54 bits per heavy atom. The van der Waals surface area contributed by atoms with Crippen molar-refractivity contribution in [2.45, 2.75) is 40.5 Å². The van der Waals surface area contributed by atoms with Gasteiger partial charge in [0.15, 0.2) is 5.41 Å². The number of methoxy groups -OCH3 is 2. The number of anilines is 2. The number of rotatable bonds is 4. The van der Waals surface area contributed by atoms with Gasteiger partial charge >= 0.3 is 18.9 Å². The maximum absolute atomic E-state index is 12.9. The van der Waals surface area contributed by atoms with Gasteiger partial charge in [-0.3, -0.25) is 9.59 Å². The van der Waals surface area contributed by atoms with Crippen molar-refractivity contribution in [1.82, 2.24) is 0 Å². The average Bonchev–Trinajstić information content (AvgIpc) is 3.29. The molecule has 3 aromatic carbocycles. The third kappa shape index (κ3) is 3.17. The molecule has 0 spiro atoms. The van der Waals surface area contributed by atoms with Crippen LogP contribution in [-0.2, 0) is 31.9 Å². The summed E-state index contributed by atoms with van der Waals surface area (Å²) in [5, 5.41) is 6.25. The van der Waals surface area contributed by atoms with E-state index in [1.165, 1.54) is 41.7 Å². The molecule has 2 aliphatic rings. The second-order valence-corrected chi connectivity index (χ2v) is 9.68. The van der Waals surface area contributed by atoms with Gasteiger partial charge in [0.2, 0.25) is 0 Å². The molecule has 0 saturated heterocycles. The molecule has 35 heavy (non-hydrogen) atoms. The van der Waals surface area contributed by atoms with Crippen molar-refractivity contribution >= 4 is 46.5 Å². The molecule has 0 aromatic heterocycles. The van der Waals surface area contributed by atoms with Crippen molar-refractivity contribution in [3.05, 3.63) is 64.2 Å². The van der Waals surface area contributed by atoms with Crippen LogP contribution in [-0.4, -0.2) is 39.7 Å². The van der Waals surface area contributed by atoms with Crippen LogP contribution in [0.2, 0.25) is 0 Å². The summed E-state index contributed by atoms with van der Waals surface area (Å²) in [4.78, 5) is 28.2. The summed E-state index contributed by atoms with van der Waals surface area (Å²) in [6.45, 7) is 9.28. The van der Waals surface area contributed by atoms with E-state index in [-0.39, 0.29) is 13.4 Å². The van der Waals surface area contributed by atoms with Crippen LogP contribution in [0.3, 0.4) is 0 Å². The van der Waals surface area contributed by atoms with Crippen LogP contribution in [0.1, 0.15) is 34.7 Å². The number of esters is 2. The fourth-order valence-corrected chi connectivity index (χ4v) is 6.27. The Kier molecular flexibility index (Phi) is 5.54. The standard InChI is InChI=1S/C28H31BN2O4/c1-7-31-23-13-9-11-19-10-8-12-22(24(19)23)30-29(31)25-17(3)16(2)20-14-28(26(32)34-5,27(33)35-6)15-21(20)18(25)4/h8-13,30H,7,14-15H2,1-6H3. The fourth-order valence-electron chi connectivity index (χ4n) is 6.27. The van der Waals surface area contributed by atoms with Crippen LogP contribution >= 0.6 is 0 Å². The quantitative estimate of drug-likeness (QED) is 0.355. The largest absolute Gasteiger partial charge is 0.468 e. The van der Waals surface area contributed by atoms with Crippen molar-refractivity contribution in [2.24, 2.45) is 5.41 Å². The lowest BCUT2D eigenvalue weighted by molar-refractivity contribution is -0.168. The Morgan fingerprint density at radius 1 is 0.943 bits per heavy atom. The molecule has 180 valence electrons. The zero-order valence-corrected chi connectivity index (χ0v) is 21.2. The van der Waals surface area contributed by atoms with Crippen molar-refractivity contribution in [3.8, 4) is 0 Å². The first-order valence-electron chi connectivity index (χ1n) is 12.1. The number of carbonyl (C=O) groups is 2. The summed E-state index contributed by atoms with van der Waals surface area (Å²) in [7, 11) is 2.66. The van der Waals surface area contributed by atoms with Gasteiger partial charge in [-0.25, -0.2) is 0 Å². The number of nitrogens with one attached hydrogen (secondary N) is 1. The van der Waals surface area contributed by atoms with Crippen LogP contribution in [0, 0.1) is 26.2 Å². The molecule has 1 aliphatic carbocycles. The van der Waals surface area contributed by atoms with E-state index in [0.717, 1.165) is 34.5 Å². The van der Waals surface area contributed by atoms with E-state index in [2.05, 4.69) is 74.1 Å². The van der Waals surface area contributed by atoms with Crippen molar-refractivity contribution in [2.75, 3.05) is 30.8 Å². The molecule has 6 nitrogen and oxygen atoms in total. The minimum atomic E-state index is -1.34. The maximum atomic E-state index is 12.9. The van der Waals surface area contributed by atoms with Gasteiger partial charge in [-0.05, 0) is 78.5 Å². The first-order chi connectivity index (χ1) is 16.8. The Labute approximate surface area is 206 Å². The maximum Gasteiger partial charge on any atom is 0.409 e. The van der Waals surface area contributed by atoms with Gasteiger partial charge in [0.25, 0.3) is 0 Å². The number of hydrogen-bond acceptors (Lipinski definition) is 6. The molecule has 1 aliphatic heterocycles. The monoisotopic (exact) mass is 470 g/mol. The lowest BCUT2D eigenvalue weighted by atomic mass is 9.59.